The predicted molar refractivity (Wildman–Crippen MR) is 149 cm³/mol. The molecule has 0 bridgehead atoms. The molecule has 0 saturated carbocycles. The first kappa shape index (κ1) is 27.7. The normalized spacial score (nSPS) is 19.7. The molecule has 1 atom stereocenters. The molecule has 208 valence electrons. The fourth-order valence-corrected chi connectivity index (χ4v) is 6.94. The SMILES string of the molecule is Cc1ccc(NC(=O)C2CCCN(Cc3nc(-c4ccccc4Cl)no3)C2)cc1S(=O)(=O)N1CCN(C)CC1. The molecule has 1 N–H and O–H groups in total. The van der Waals surface area contributed by atoms with Gasteiger partial charge in [0.25, 0.3) is 0 Å². The second kappa shape index (κ2) is 11.7. The molecule has 2 aliphatic rings. The van der Waals surface area contributed by atoms with Gasteiger partial charge in [-0.3, -0.25) is 9.69 Å². The summed E-state index contributed by atoms with van der Waals surface area (Å²) in [5.41, 5.74) is 1.85. The lowest BCUT2D eigenvalue weighted by Gasteiger charge is -2.32. The maximum absolute atomic E-state index is 13.3. The predicted octanol–water partition coefficient (Wildman–Crippen LogP) is 3.49. The topological polar surface area (TPSA) is 112 Å². The highest BCUT2D eigenvalue weighted by molar-refractivity contribution is 7.89. The number of likely N-dealkylation sites (N-methyl/N-ethyl adjacent to an activating group) is 1. The molecule has 2 aliphatic heterocycles. The average molecular weight is 573 g/mol. The van der Waals surface area contributed by atoms with Crippen LogP contribution in [0.15, 0.2) is 51.9 Å². The van der Waals surface area contributed by atoms with Crippen LogP contribution < -0.4 is 5.32 Å². The number of benzene rings is 2. The zero-order valence-electron chi connectivity index (χ0n) is 22.1. The Morgan fingerprint density at radius 2 is 1.90 bits per heavy atom. The van der Waals surface area contributed by atoms with E-state index in [0.29, 0.717) is 72.8 Å². The van der Waals surface area contributed by atoms with E-state index in [1.807, 2.05) is 25.2 Å². The van der Waals surface area contributed by atoms with Gasteiger partial charge in [0.15, 0.2) is 0 Å². The number of halogens is 1. The van der Waals surface area contributed by atoms with Crippen molar-refractivity contribution in [3.8, 4) is 11.4 Å². The molecular formula is C27H33ClN6O4S. The molecule has 2 fully saturated rings. The minimum Gasteiger partial charge on any atom is -0.338 e. The molecule has 1 aromatic heterocycles. The molecule has 2 aromatic carbocycles. The number of aryl methyl sites for hydroxylation is 1. The zero-order chi connectivity index (χ0) is 27.6. The summed E-state index contributed by atoms with van der Waals surface area (Å²) in [5, 5.41) is 7.57. The maximum Gasteiger partial charge on any atom is 0.243 e. The first-order valence-corrected chi connectivity index (χ1v) is 14.9. The number of amides is 1. The molecule has 39 heavy (non-hydrogen) atoms. The standard InChI is InChI=1S/C27H33ClN6O4S/c1-19-9-10-21(16-24(19)39(36,37)34-14-12-32(2)13-15-34)29-27(35)20-6-5-11-33(17-20)18-25-30-26(31-38-25)22-7-3-4-8-23(22)28/h3-4,7-10,16,20H,5-6,11-15,17-18H2,1-2H3,(H,29,35). The minimum atomic E-state index is -3.65. The largest absolute Gasteiger partial charge is 0.338 e. The van der Waals surface area contributed by atoms with Gasteiger partial charge in [-0.1, -0.05) is 35.0 Å². The molecule has 0 radical (unpaired) electrons. The average Bonchev–Trinajstić information content (AvgIpc) is 3.38. The van der Waals surface area contributed by atoms with Gasteiger partial charge < -0.3 is 14.7 Å². The summed E-state index contributed by atoms with van der Waals surface area (Å²) < 4.78 is 33.7. The van der Waals surface area contributed by atoms with Crippen LogP contribution in [0.3, 0.4) is 0 Å². The van der Waals surface area contributed by atoms with Gasteiger partial charge in [-0.15, -0.1) is 0 Å². The number of carbonyl (C=O) groups excluding carboxylic acids is 1. The van der Waals surface area contributed by atoms with Crippen molar-refractivity contribution in [3.63, 3.8) is 0 Å². The van der Waals surface area contributed by atoms with Crippen LogP contribution >= 0.6 is 11.6 Å². The Labute approximate surface area is 234 Å². The number of likely N-dealkylation sites (tertiary alicyclic amines) is 1. The van der Waals surface area contributed by atoms with Gasteiger partial charge >= 0.3 is 0 Å². The highest BCUT2D eigenvalue weighted by atomic mass is 35.5. The molecular weight excluding hydrogens is 540 g/mol. The molecule has 5 rings (SSSR count). The van der Waals surface area contributed by atoms with Crippen LogP contribution in [-0.4, -0.2) is 84.9 Å². The number of hydrogen-bond donors (Lipinski definition) is 1. The van der Waals surface area contributed by atoms with Gasteiger partial charge in [-0.05, 0) is 63.2 Å². The second-order valence-electron chi connectivity index (χ2n) is 10.2. The Bertz CT molecular complexity index is 1440. The zero-order valence-corrected chi connectivity index (χ0v) is 23.7. The van der Waals surface area contributed by atoms with Gasteiger partial charge in [0.2, 0.25) is 27.6 Å². The molecule has 0 aliphatic carbocycles. The minimum absolute atomic E-state index is 0.131. The molecule has 3 heterocycles. The number of rotatable bonds is 7. The molecule has 10 nitrogen and oxygen atoms in total. The highest BCUT2D eigenvalue weighted by Crippen LogP contribution is 2.27. The Hall–Kier alpha value is -2.83. The van der Waals surface area contributed by atoms with Gasteiger partial charge in [-0.2, -0.15) is 9.29 Å². The van der Waals surface area contributed by atoms with E-state index in [2.05, 4.69) is 25.3 Å². The lowest BCUT2D eigenvalue weighted by Crippen LogP contribution is -2.47. The Balaban J connectivity index is 1.22. The second-order valence-corrected chi connectivity index (χ2v) is 12.6. The molecule has 1 unspecified atom stereocenters. The number of nitrogens with one attached hydrogen (secondary N) is 1. The number of piperidine rings is 1. The van der Waals surface area contributed by atoms with Gasteiger partial charge in [0, 0.05) is 44.0 Å². The lowest BCUT2D eigenvalue weighted by molar-refractivity contribution is -0.121. The third-order valence-corrected chi connectivity index (χ3v) is 9.72. The number of hydrogen-bond acceptors (Lipinski definition) is 8. The summed E-state index contributed by atoms with van der Waals surface area (Å²) in [4.78, 5) is 22.2. The van der Waals surface area contributed by atoms with Crippen molar-refractivity contribution in [2.24, 2.45) is 5.92 Å². The number of aromatic nitrogens is 2. The fourth-order valence-electron chi connectivity index (χ4n) is 5.04. The van der Waals surface area contributed by atoms with Crippen LogP contribution in [-0.2, 0) is 21.4 Å². The summed E-state index contributed by atoms with van der Waals surface area (Å²) in [5.74, 6) is 0.518. The number of piperazine rings is 1. The first-order valence-electron chi connectivity index (χ1n) is 13.1. The van der Waals surface area contributed by atoms with E-state index < -0.39 is 10.0 Å². The lowest BCUT2D eigenvalue weighted by atomic mass is 9.97. The summed E-state index contributed by atoms with van der Waals surface area (Å²) in [6.45, 7) is 5.84. The number of anilines is 1. The summed E-state index contributed by atoms with van der Waals surface area (Å²) in [6.07, 6.45) is 1.59. The van der Waals surface area contributed by atoms with E-state index in [-0.39, 0.29) is 16.7 Å². The fraction of sp³-hybridized carbons (Fsp3) is 0.444. The molecule has 0 spiro atoms. The van der Waals surface area contributed by atoms with Crippen LogP contribution in [0.25, 0.3) is 11.4 Å². The Morgan fingerprint density at radius 3 is 2.67 bits per heavy atom. The summed E-state index contributed by atoms with van der Waals surface area (Å²) in [7, 11) is -1.66. The highest BCUT2D eigenvalue weighted by Gasteiger charge is 2.30. The van der Waals surface area contributed by atoms with Crippen molar-refractivity contribution in [1.82, 2.24) is 24.2 Å². The van der Waals surface area contributed by atoms with Crippen LogP contribution in [0.5, 0.6) is 0 Å². The van der Waals surface area contributed by atoms with Crippen molar-refractivity contribution < 1.29 is 17.7 Å². The molecule has 1 amide bonds. The first-order chi connectivity index (χ1) is 18.7. The van der Waals surface area contributed by atoms with E-state index in [4.69, 9.17) is 16.1 Å². The van der Waals surface area contributed by atoms with Crippen molar-refractivity contribution >= 4 is 33.2 Å². The van der Waals surface area contributed by atoms with Crippen LogP contribution in [0.2, 0.25) is 5.02 Å². The van der Waals surface area contributed by atoms with E-state index in [1.54, 1.807) is 31.2 Å². The molecule has 3 aromatic rings. The third-order valence-electron chi connectivity index (χ3n) is 7.35. The van der Waals surface area contributed by atoms with Gasteiger partial charge in [0.05, 0.1) is 22.4 Å². The van der Waals surface area contributed by atoms with Crippen molar-refractivity contribution in [1.29, 1.82) is 0 Å². The molecule has 2 saturated heterocycles. The Kier molecular flexibility index (Phi) is 8.34. The quantitative estimate of drug-likeness (QED) is 0.458. The molecule has 12 heteroatoms. The van der Waals surface area contributed by atoms with Crippen LogP contribution in [0, 0.1) is 12.8 Å². The van der Waals surface area contributed by atoms with Crippen LogP contribution in [0.1, 0.15) is 24.3 Å². The third kappa shape index (κ3) is 6.33. The monoisotopic (exact) mass is 572 g/mol. The van der Waals surface area contributed by atoms with E-state index >= 15 is 0 Å². The van der Waals surface area contributed by atoms with Crippen molar-refractivity contribution in [2.75, 3.05) is 51.6 Å². The summed E-state index contributed by atoms with van der Waals surface area (Å²) >= 11 is 6.25. The summed E-state index contributed by atoms with van der Waals surface area (Å²) in [6, 6.07) is 12.4. The van der Waals surface area contributed by atoms with E-state index in [0.717, 1.165) is 19.4 Å². The smallest absolute Gasteiger partial charge is 0.243 e. The maximum atomic E-state index is 13.3. The number of carbonyl (C=O) groups is 1. The number of sulfonamides is 1. The Morgan fingerprint density at radius 1 is 1.13 bits per heavy atom. The van der Waals surface area contributed by atoms with Crippen molar-refractivity contribution in [3.05, 3.63) is 58.9 Å². The van der Waals surface area contributed by atoms with Crippen molar-refractivity contribution in [2.45, 2.75) is 31.2 Å². The van der Waals surface area contributed by atoms with Crippen LogP contribution in [0.4, 0.5) is 5.69 Å². The van der Waals surface area contributed by atoms with E-state index in [1.165, 1.54) is 4.31 Å². The van der Waals surface area contributed by atoms with Gasteiger partial charge in [-0.25, -0.2) is 8.42 Å². The van der Waals surface area contributed by atoms with Gasteiger partial charge in [0.1, 0.15) is 0 Å². The van der Waals surface area contributed by atoms with E-state index in [9.17, 15) is 13.2 Å². The number of nitrogens with zero attached hydrogens (tertiary/aromatic N) is 5.